The molecule has 0 aliphatic rings. The summed E-state index contributed by atoms with van der Waals surface area (Å²) in [5.41, 5.74) is 5.17. The van der Waals surface area contributed by atoms with Crippen molar-refractivity contribution in [2.24, 2.45) is 11.7 Å². The number of nitrogens with two attached hydrogens (primary N) is 1. The van der Waals surface area contributed by atoms with Crippen LogP contribution in [0.5, 0.6) is 0 Å². The Bertz CT molecular complexity index is 200. The highest BCUT2D eigenvalue weighted by Gasteiger charge is 2.17. The number of hydrogen-bond donors (Lipinski definition) is 2. The number of nitrogens with one attached hydrogen (secondary N) is 1. The van der Waals surface area contributed by atoms with Crippen molar-refractivity contribution >= 4 is 5.91 Å². The van der Waals surface area contributed by atoms with Gasteiger partial charge in [0.05, 0.1) is 12.6 Å². The minimum Gasteiger partial charge on any atom is -0.368 e. The zero-order chi connectivity index (χ0) is 9.56. The number of carbonyl (C=O) groups is 1. The lowest BCUT2D eigenvalue weighted by Gasteiger charge is -2.16. The molecule has 3 heteroatoms. The molecule has 68 valence electrons. The predicted molar refractivity (Wildman–Crippen MR) is 49.3 cm³/mol. The molecular weight excluding hydrogens is 152 g/mol. The molecule has 12 heavy (non-hydrogen) atoms. The van der Waals surface area contributed by atoms with E-state index in [1.165, 1.54) is 0 Å². The maximum absolute atomic E-state index is 10.8. The molecule has 0 aliphatic heterocycles. The average Bonchev–Trinajstić information content (AvgIpc) is 1.96. The molecule has 1 atom stereocenters. The second-order valence-electron chi connectivity index (χ2n) is 2.93. The highest BCUT2D eigenvalue weighted by molar-refractivity contribution is 5.80. The van der Waals surface area contributed by atoms with E-state index in [1.54, 1.807) is 6.92 Å². The van der Waals surface area contributed by atoms with E-state index in [0.29, 0.717) is 6.54 Å². The molecule has 0 aromatic rings. The number of carbonyl (C=O) groups excluding carboxylic acids is 1. The number of hydrogen-bond acceptors (Lipinski definition) is 2. The molecule has 0 rings (SSSR count). The van der Waals surface area contributed by atoms with Gasteiger partial charge in [0.15, 0.2) is 0 Å². The van der Waals surface area contributed by atoms with Crippen molar-refractivity contribution in [1.82, 2.24) is 5.32 Å². The maximum Gasteiger partial charge on any atom is 0.234 e. The summed E-state index contributed by atoms with van der Waals surface area (Å²) in [7, 11) is 0. The van der Waals surface area contributed by atoms with Crippen molar-refractivity contribution in [2.45, 2.75) is 26.8 Å². The largest absolute Gasteiger partial charge is 0.368 e. The first kappa shape index (κ1) is 11.0. The van der Waals surface area contributed by atoms with Crippen LogP contribution in [0.3, 0.4) is 0 Å². The van der Waals surface area contributed by atoms with Gasteiger partial charge in [-0.25, -0.2) is 0 Å². The van der Waals surface area contributed by atoms with Crippen LogP contribution in [-0.4, -0.2) is 18.5 Å². The van der Waals surface area contributed by atoms with E-state index in [4.69, 9.17) is 5.73 Å². The lowest BCUT2D eigenvalue weighted by Crippen LogP contribution is -2.45. The Hall–Kier alpha value is -1.01. The van der Waals surface area contributed by atoms with Gasteiger partial charge >= 0.3 is 0 Å². The number of amides is 1. The number of rotatable bonds is 4. The molecule has 0 spiro atoms. The zero-order valence-electron chi connectivity index (χ0n) is 7.85. The number of primary amides is 1. The molecule has 3 N–H and O–H groups in total. The molecule has 3 nitrogen and oxygen atoms in total. The Morgan fingerprint density at radius 3 is 2.50 bits per heavy atom. The van der Waals surface area contributed by atoms with E-state index in [2.05, 4.69) is 17.2 Å². The summed E-state index contributed by atoms with van der Waals surface area (Å²) < 4.78 is 0. The summed E-state index contributed by atoms with van der Waals surface area (Å²) >= 11 is 0. The maximum atomic E-state index is 10.8. The smallest absolute Gasteiger partial charge is 0.234 e. The molecule has 0 aliphatic carbocycles. The van der Waals surface area contributed by atoms with Crippen LogP contribution in [0.2, 0.25) is 0 Å². The van der Waals surface area contributed by atoms with Crippen molar-refractivity contribution in [2.75, 3.05) is 6.54 Å². The highest BCUT2D eigenvalue weighted by Crippen LogP contribution is 1.99. The molecule has 0 bridgehead atoms. The Labute approximate surface area is 73.7 Å². The van der Waals surface area contributed by atoms with Gasteiger partial charge in [0.1, 0.15) is 0 Å². The minimum atomic E-state index is -0.317. The summed E-state index contributed by atoms with van der Waals surface area (Å²) in [6, 6.07) is -0.272. The minimum absolute atomic E-state index is 0.209. The Morgan fingerprint density at radius 1 is 1.58 bits per heavy atom. The van der Waals surface area contributed by atoms with Crippen LogP contribution in [0.1, 0.15) is 20.8 Å². The molecule has 0 fully saturated rings. The molecule has 0 heterocycles. The quantitative estimate of drug-likeness (QED) is 0.585. The van der Waals surface area contributed by atoms with E-state index in [-0.39, 0.29) is 17.9 Å². The third-order valence-electron chi connectivity index (χ3n) is 1.56. The van der Waals surface area contributed by atoms with Gasteiger partial charge in [0.2, 0.25) is 5.91 Å². The fourth-order valence-corrected chi connectivity index (χ4v) is 0.914. The summed E-state index contributed by atoms with van der Waals surface area (Å²) in [4.78, 5) is 10.8. The topological polar surface area (TPSA) is 55.1 Å². The molecule has 1 amide bonds. The van der Waals surface area contributed by atoms with E-state index < -0.39 is 0 Å². The fraction of sp³-hybridized carbons (Fsp3) is 0.667. The van der Waals surface area contributed by atoms with Crippen LogP contribution >= 0.6 is 0 Å². The van der Waals surface area contributed by atoms with E-state index in [0.717, 1.165) is 0 Å². The normalized spacial score (nSPS) is 12.0. The second-order valence-corrected chi connectivity index (χ2v) is 2.93. The summed E-state index contributed by atoms with van der Waals surface area (Å²) in [5, 5.41) is 2.97. The predicted octanol–water partition coefficient (Wildman–Crippen LogP) is 0.109. The Kier molecular flexibility index (Phi) is 5.14. The summed E-state index contributed by atoms with van der Waals surface area (Å²) in [5.74, 6) is 5.45. The standard InChI is InChI=1S/C9H16N2O/c1-4-5-6-11-8(7(2)3)9(10)12/h7-8,11H,6H2,1-3H3,(H2,10,12). The first-order valence-corrected chi connectivity index (χ1v) is 4.02. The molecule has 0 aromatic heterocycles. The lowest BCUT2D eigenvalue weighted by molar-refractivity contribution is -0.120. The first-order chi connectivity index (χ1) is 5.59. The van der Waals surface area contributed by atoms with Crippen molar-refractivity contribution in [3.63, 3.8) is 0 Å². The van der Waals surface area contributed by atoms with Gasteiger partial charge in [-0.3, -0.25) is 10.1 Å². The molecule has 0 saturated heterocycles. The van der Waals surface area contributed by atoms with Gasteiger partial charge in [0.25, 0.3) is 0 Å². The summed E-state index contributed by atoms with van der Waals surface area (Å²) in [6.45, 7) is 6.17. The van der Waals surface area contributed by atoms with Crippen molar-refractivity contribution in [1.29, 1.82) is 0 Å². The lowest BCUT2D eigenvalue weighted by atomic mass is 10.0. The Balaban J connectivity index is 3.94. The van der Waals surface area contributed by atoms with Crippen LogP contribution in [0.15, 0.2) is 0 Å². The van der Waals surface area contributed by atoms with Crippen molar-refractivity contribution < 1.29 is 4.79 Å². The van der Waals surface area contributed by atoms with Gasteiger partial charge in [-0.15, -0.1) is 5.92 Å². The van der Waals surface area contributed by atoms with Crippen LogP contribution in [0.25, 0.3) is 0 Å². The van der Waals surface area contributed by atoms with Gasteiger partial charge in [-0.05, 0) is 12.8 Å². The highest BCUT2D eigenvalue weighted by atomic mass is 16.1. The monoisotopic (exact) mass is 168 g/mol. The fourth-order valence-electron chi connectivity index (χ4n) is 0.914. The molecular formula is C9H16N2O. The van der Waals surface area contributed by atoms with Gasteiger partial charge in [-0.1, -0.05) is 19.8 Å². The van der Waals surface area contributed by atoms with Crippen molar-refractivity contribution in [3.05, 3.63) is 0 Å². The average molecular weight is 168 g/mol. The van der Waals surface area contributed by atoms with Crippen LogP contribution in [0.4, 0.5) is 0 Å². The van der Waals surface area contributed by atoms with Gasteiger partial charge < -0.3 is 5.73 Å². The van der Waals surface area contributed by atoms with Crippen LogP contribution in [-0.2, 0) is 4.79 Å². The van der Waals surface area contributed by atoms with E-state index in [9.17, 15) is 4.79 Å². The van der Waals surface area contributed by atoms with E-state index in [1.807, 2.05) is 13.8 Å². The summed E-state index contributed by atoms with van der Waals surface area (Å²) in [6.07, 6.45) is 0. The first-order valence-electron chi connectivity index (χ1n) is 4.02. The molecule has 0 aromatic carbocycles. The second kappa shape index (κ2) is 5.62. The zero-order valence-corrected chi connectivity index (χ0v) is 7.85. The SMILES string of the molecule is CC#CCNC(C(N)=O)C(C)C. The Morgan fingerprint density at radius 2 is 2.17 bits per heavy atom. The van der Waals surface area contributed by atoms with Gasteiger partial charge in [-0.2, -0.15) is 0 Å². The third-order valence-corrected chi connectivity index (χ3v) is 1.56. The molecule has 1 unspecified atom stereocenters. The molecule has 0 saturated carbocycles. The van der Waals surface area contributed by atoms with E-state index >= 15 is 0 Å². The third kappa shape index (κ3) is 3.99. The van der Waals surface area contributed by atoms with Crippen molar-refractivity contribution in [3.8, 4) is 11.8 Å². The van der Waals surface area contributed by atoms with Gasteiger partial charge in [0, 0.05) is 0 Å². The molecule has 0 radical (unpaired) electrons. The van der Waals surface area contributed by atoms with Crippen LogP contribution in [0, 0.1) is 17.8 Å². The van der Waals surface area contributed by atoms with Crippen LogP contribution < -0.4 is 11.1 Å².